The molecule has 0 saturated heterocycles. The first kappa shape index (κ1) is 26.9. The smallest absolute Gasteiger partial charge is 0.243 e. The van der Waals surface area contributed by atoms with Crippen LogP contribution in [-0.2, 0) is 4.79 Å². The molecule has 1 rings (SSSR count). The van der Waals surface area contributed by atoms with Gasteiger partial charge in [-0.15, -0.1) is 0 Å². The molecule has 0 bridgehead atoms. The lowest BCUT2D eigenvalue weighted by atomic mass is 10.1. The number of ether oxygens (including phenoxy) is 3. The highest BCUT2D eigenvalue weighted by atomic mass is 16.5. The number of amides is 1. The van der Waals surface area contributed by atoms with Gasteiger partial charge in [0.25, 0.3) is 0 Å². The van der Waals surface area contributed by atoms with Crippen LogP contribution < -0.4 is 19.5 Å². The van der Waals surface area contributed by atoms with Crippen LogP contribution in [0.5, 0.6) is 17.2 Å². The Morgan fingerprint density at radius 3 is 1.71 bits per heavy atom. The summed E-state index contributed by atoms with van der Waals surface area (Å²) >= 11 is 0. The fourth-order valence-electron chi connectivity index (χ4n) is 3.61. The molecule has 0 fully saturated rings. The van der Waals surface area contributed by atoms with Gasteiger partial charge >= 0.3 is 0 Å². The third-order valence-corrected chi connectivity index (χ3v) is 5.44. The van der Waals surface area contributed by atoms with Gasteiger partial charge in [-0.05, 0) is 30.2 Å². The Bertz CT molecular complexity index is 617. The molecule has 31 heavy (non-hydrogen) atoms. The number of carbonyl (C=O) groups excluding carboxylic acids is 1. The van der Waals surface area contributed by atoms with E-state index in [1.807, 2.05) is 12.1 Å². The maximum atomic E-state index is 12.1. The van der Waals surface area contributed by atoms with Crippen molar-refractivity contribution < 1.29 is 19.0 Å². The van der Waals surface area contributed by atoms with Gasteiger partial charge in [-0.3, -0.25) is 4.79 Å². The first-order valence-electron chi connectivity index (χ1n) is 11.9. The van der Waals surface area contributed by atoms with E-state index >= 15 is 0 Å². The van der Waals surface area contributed by atoms with E-state index in [0.29, 0.717) is 17.2 Å². The normalized spacial score (nSPS) is 11.0. The molecule has 5 heteroatoms. The second kappa shape index (κ2) is 17.5. The average Bonchev–Trinajstić information content (AvgIpc) is 2.79. The van der Waals surface area contributed by atoms with E-state index < -0.39 is 0 Å². The van der Waals surface area contributed by atoms with Crippen LogP contribution in [-0.4, -0.2) is 33.8 Å². The topological polar surface area (TPSA) is 56.8 Å². The minimum absolute atomic E-state index is 0.0863. The Hall–Kier alpha value is -2.17. The Kier molecular flexibility index (Phi) is 15.2. The number of nitrogens with one attached hydrogen (secondary N) is 1. The molecular weight excluding hydrogens is 390 g/mol. The molecule has 0 aromatic heterocycles. The van der Waals surface area contributed by atoms with Crippen LogP contribution in [0.15, 0.2) is 18.2 Å². The van der Waals surface area contributed by atoms with Gasteiger partial charge in [0.05, 0.1) is 21.3 Å². The van der Waals surface area contributed by atoms with Crippen molar-refractivity contribution >= 4 is 12.0 Å². The van der Waals surface area contributed by atoms with Crippen LogP contribution >= 0.6 is 0 Å². The number of rotatable bonds is 18. The van der Waals surface area contributed by atoms with Gasteiger partial charge in [0.1, 0.15) is 0 Å². The number of hydrogen-bond acceptors (Lipinski definition) is 4. The fraction of sp³-hybridized carbons (Fsp3) is 0.654. The van der Waals surface area contributed by atoms with E-state index in [4.69, 9.17) is 14.2 Å². The maximum absolute atomic E-state index is 12.1. The van der Waals surface area contributed by atoms with Crippen molar-refractivity contribution in [2.45, 2.75) is 84.0 Å². The number of unbranched alkanes of at least 4 members (excludes halogenated alkanes) is 11. The van der Waals surface area contributed by atoms with E-state index in [9.17, 15) is 4.79 Å². The van der Waals surface area contributed by atoms with Crippen molar-refractivity contribution in [1.29, 1.82) is 0 Å². The second-order valence-corrected chi connectivity index (χ2v) is 7.97. The van der Waals surface area contributed by atoms with Crippen molar-refractivity contribution in [3.8, 4) is 17.2 Å². The van der Waals surface area contributed by atoms with E-state index in [2.05, 4.69) is 12.2 Å². The number of benzene rings is 1. The maximum Gasteiger partial charge on any atom is 0.243 e. The molecule has 176 valence electrons. The monoisotopic (exact) mass is 433 g/mol. The largest absolute Gasteiger partial charge is 0.493 e. The lowest BCUT2D eigenvalue weighted by Gasteiger charge is -2.12. The summed E-state index contributed by atoms with van der Waals surface area (Å²) in [4.78, 5) is 12.1. The van der Waals surface area contributed by atoms with Gasteiger partial charge in [-0.25, -0.2) is 0 Å². The first-order valence-corrected chi connectivity index (χ1v) is 11.9. The van der Waals surface area contributed by atoms with Crippen LogP contribution in [0.2, 0.25) is 0 Å². The van der Waals surface area contributed by atoms with Gasteiger partial charge in [0.2, 0.25) is 11.7 Å². The molecule has 1 N–H and O–H groups in total. The lowest BCUT2D eigenvalue weighted by molar-refractivity contribution is -0.116. The van der Waals surface area contributed by atoms with Gasteiger partial charge in [-0.2, -0.15) is 0 Å². The third-order valence-electron chi connectivity index (χ3n) is 5.44. The van der Waals surface area contributed by atoms with Crippen LogP contribution in [0, 0.1) is 0 Å². The Balaban J connectivity index is 2.16. The highest BCUT2D eigenvalue weighted by molar-refractivity contribution is 5.91. The first-order chi connectivity index (χ1) is 15.2. The van der Waals surface area contributed by atoms with Crippen molar-refractivity contribution in [1.82, 2.24) is 5.32 Å². The molecule has 0 aliphatic rings. The molecule has 0 radical (unpaired) electrons. The summed E-state index contributed by atoms with van der Waals surface area (Å²) in [5, 5.41) is 2.96. The van der Waals surface area contributed by atoms with Gasteiger partial charge in [-0.1, -0.05) is 77.6 Å². The zero-order valence-electron chi connectivity index (χ0n) is 20.1. The molecule has 1 aromatic carbocycles. The van der Waals surface area contributed by atoms with Crippen LogP contribution in [0.1, 0.15) is 89.5 Å². The van der Waals surface area contributed by atoms with Crippen molar-refractivity contribution in [3.05, 3.63) is 23.8 Å². The van der Waals surface area contributed by atoms with Crippen LogP contribution in [0.25, 0.3) is 6.08 Å². The Morgan fingerprint density at radius 1 is 0.774 bits per heavy atom. The third kappa shape index (κ3) is 11.7. The molecule has 0 heterocycles. The van der Waals surface area contributed by atoms with Crippen LogP contribution in [0.3, 0.4) is 0 Å². The summed E-state index contributed by atoms with van der Waals surface area (Å²) in [5.74, 6) is 1.59. The molecular formula is C26H43NO4. The zero-order valence-corrected chi connectivity index (χ0v) is 20.1. The van der Waals surface area contributed by atoms with Crippen molar-refractivity contribution in [2.24, 2.45) is 0 Å². The van der Waals surface area contributed by atoms with Gasteiger partial charge in [0, 0.05) is 12.6 Å². The summed E-state index contributed by atoms with van der Waals surface area (Å²) in [6.45, 7) is 2.98. The van der Waals surface area contributed by atoms with Crippen LogP contribution in [0.4, 0.5) is 0 Å². The van der Waals surface area contributed by atoms with Crippen molar-refractivity contribution in [2.75, 3.05) is 27.9 Å². The van der Waals surface area contributed by atoms with Gasteiger partial charge < -0.3 is 19.5 Å². The molecule has 0 saturated carbocycles. The minimum atomic E-state index is -0.0863. The summed E-state index contributed by atoms with van der Waals surface area (Å²) in [6.07, 6.45) is 19.1. The molecule has 0 unspecified atom stereocenters. The molecule has 1 aromatic rings. The average molecular weight is 434 g/mol. The minimum Gasteiger partial charge on any atom is -0.493 e. The quantitative estimate of drug-likeness (QED) is 0.211. The summed E-state index contributed by atoms with van der Waals surface area (Å²) in [6, 6.07) is 3.63. The molecule has 0 atom stereocenters. The number of hydrogen-bond donors (Lipinski definition) is 1. The molecule has 0 spiro atoms. The summed E-state index contributed by atoms with van der Waals surface area (Å²) < 4.78 is 16.0. The highest BCUT2D eigenvalue weighted by Crippen LogP contribution is 2.38. The summed E-state index contributed by atoms with van der Waals surface area (Å²) in [7, 11) is 4.72. The number of carbonyl (C=O) groups is 1. The highest BCUT2D eigenvalue weighted by Gasteiger charge is 2.12. The van der Waals surface area contributed by atoms with Crippen molar-refractivity contribution in [3.63, 3.8) is 0 Å². The van der Waals surface area contributed by atoms with E-state index in [-0.39, 0.29) is 5.91 Å². The predicted octanol–water partition coefficient (Wildman–Crippen LogP) is 6.54. The fourth-order valence-corrected chi connectivity index (χ4v) is 3.61. The molecule has 1 amide bonds. The number of methoxy groups -OCH3 is 3. The Morgan fingerprint density at radius 2 is 1.26 bits per heavy atom. The second-order valence-electron chi connectivity index (χ2n) is 7.97. The van der Waals surface area contributed by atoms with E-state index in [1.54, 1.807) is 33.5 Å². The molecule has 0 aliphatic heterocycles. The van der Waals surface area contributed by atoms with E-state index in [0.717, 1.165) is 18.5 Å². The molecule has 5 nitrogen and oxygen atoms in total. The SMILES string of the molecule is CCCCCCCCCCCCCCNC(=O)/C=C/c1cc(OC)c(OC)c(OC)c1. The lowest BCUT2D eigenvalue weighted by Crippen LogP contribution is -2.21. The zero-order chi connectivity index (χ0) is 22.7. The summed E-state index contributed by atoms with van der Waals surface area (Å²) in [5.41, 5.74) is 0.815. The predicted molar refractivity (Wildman–Crippen MR) is 129 cm³/mol. The van der Waals surface area contributed by atoms with E-state index in [1.165, 1.54) is 70.6 Å². The standard InChI is InChI=1S/C26H43NO4/c1-5-6-7-8-9-10-11-12-13-14-15-16-19-27-25(28)18-17-22-20-23(29-2)26(31-4)24(21-22)30-3/h17-18,20-21H,5-16,19H2,1-4H3,(H,27,28)/b18-17+. The molecule has 0 aliphatic carbocycles. The Labute approximate surface area is 189 Å². The van der Waals surface area contributed by atoms with Gasteiger partial charge in [0.15, 0.2) is 11.5 Å².